The van der Waals surface area contributed by atoms with E-state index in [2.05, 4.69) is 12.2 Å². The van der Waals surface area contributed by atoms with Gasteiger partial charge in [0.25, 0.3) is 5.91 Å². The van der Waals surface area contributed by atoms with E-state index in [1.165, 1.54) is 12.8 Å². The summed E-state index contributed by atoms with van der Waals surface area (Å²) in [6.45, 7) is 7.37. The minimum atomic E-state index is -0.981. The third-order valence-corrected chi connectivity index (χ3v) is 7.21. The average molecular weight is 467 g/mol. The lowest BCUT2D eigenvalue weighted by Gasteiger charge is -2.43. The molecule has 2 amide bonds. The fourth-order valence-electron chi connectivity index (χ4n) is 5.16. The molecule has 1 aromatic heterocycles. The van der Waals surface area contributed by atoms with E-state index in [1.807, 2.05) is 44.2 Å². The maximum Gasteiger partial charge on any atom is 0.273 e. The number of unbranched alkanes of at least 4 members (excludes halogenated alkanes) is 1. The number of hydrogen-bond donors (Lipinski definition) is 1. The molecule has 7 nitrogen and oxygen atoms in total. The van der Waals surface area contributed by atoms with Crippen molar-refractivity contribution in [2.24, 2.45) is 0 Å². The van der Waals surface area contributed by atoms with Crippen LogP contribution in [0.15, 0.2) is 30.3 Å². The van der Waals surface area contributed by atoms with Crippen LogP contribution < -0.4 is 10.1 Å². The molecule has 1 fully saturated rings. The Kier molecular flexibility index (Phi) is 7.59. The zero-order valence-corrected chi connectivity index (χ0v) is 20.8. The van der Waals surface area contributed by atoms with Crippen molar-refractivity contribution in [1.29, 1.82) is 0 Å². The Labute approximate surface area is 202 Å². The SMILES string of the molecule is CCCCOc1ccccc1-c1cc2n(n1)CC(C)(C(=O)NC1CCCCCC1)N(CC)C2=O. The standard InChI is InChI=1S/C27H38N4O3/c1-4-6-17-34-24-16-12-11-15-21(24)22-18-23-25(32)30(5-2)27(3,19-31(23)29-22)26(33)28-20-13-9-7-8-10-14-20/h11-12,15-16,18,20H,4-10,13-14,17,19H2,1-3H3,(H,28,33). The highest BCUT2D eigenvalue weighted by molar-refractivity contribution is 6.00. The summed E-state index contributed by atoms with van der Waals surface area (Å²) in [5.41, 5.74) is 1.09. The molecule has 2 aromatic rings. The number of rotatable bonds is 8. The van der Waals surface area contributed by atoms with Crippen molar-refractivity contribution < 1.29 is 14.3 Å². The lowest BCUT2D eigenvalue weighted by molar-refractivity contribution is -0.133. The number of likely N-dealkylation sites (N-methyl/N-ethyl adjacent to an activating group) is 1. The number of nitrogens with zero attached hydrogens (tertiary/aromatic N) is 3. The molecule has 7 heteroatoms. The third-order valence-electron chi connectivity index (χ3n) is 7.21. The van der Waals surface area contributed by atoms with Crippen molar-refractivity contribution in [3.05, 3.63) is 36.0 Å². The van der Waals surface area contributed by atoms with E-state index in [0.29, 0.717) is 31.1 Å². The predicted molar refractivity (Wildman–Crippen MR) is 133 cm³/mol. The Bertz CT molecular complexity index is 1010. The van der Waals surface area contributed by atoms with Gasteiger partial charge in [-0.15, -0.1) is 0 Å². The monoisotopic (exact) mass is 466 g/mol. The van der Waals surface area contributed by atoms with E-state index in [-0.39, 0.29) is 17.9 Å². The normalized spacial score (nSPS) is 21.1. The summed E-state index contributed by atoms with van der Waals surface area (Å²) in [4.78, 5) is 28.7. The number of benzene rings is 1. The molecule has 1 saturated carbocycles. The average Bonchev–Trinajstić information content (AvgIpc) is 3.08. The minimum absolute atomic E-state index is 0.0828. The molecular weight excluding hydrogens is 428 g/mol. The molecule has 1 atom stereocenters. The second kappa shape index (κ2) is 10.6. The number of amides is 2. The largest absolute Gasteiger partial charge is 0.493 e. The first kappa shape index (κ1) is 24.3. The number of carbonyl (C=O) groups excluding carboxylic acids is 2. The minimum Gasteiger partial charge on any atom is -0.493 e. The molecule has 1 aliphatic carbocycles. The molecular formula is C27H38N4O3. The lowest BCUT2D eigenvalue weighted by atomic mass is 9.94. The predicted octanol–water partition coefficient (Wildman–Crippen LogP) is 4.80. The van der Waals surface area contributed by atoms with Gasteiger partial charge in [0.2, 0.25) is 5.91 Å². The van der Waals surface area contributed by atoms with Crippen LogP contribution in [0.5, 0.6) is 5.75 Å². The maximum atomic E-state index is 13.5. The van der Waals surface area contributed by atoms with Gasteiger partial charge >= 0.3 is 0 Å². The molecule has 0 spiro atoms. The lowest BCUT2D eigenvalue weighted by Crippen LogP contribution is -2.64. The fourth-order valence-corrected chi connectivity index (χ4v) is 5.16. The van der Waals surface area contributed by atoms with Crippen LogP contribution in [-0.2, 0) is 11.3 Å². The Hall–Kier alpha value is -2.83. The smallest absolute Gasteiger partial charge is 0.273 e. The molecule has 0 saturated heterocycles. The molecule has 0 bridgehead atoms. The zero-order valence-electron chi connectivity index (χ0n) is 20.8. The first-order valence-corrected chi connectivity index (χ1v) is 12.9. The van der Waals surface area contributed by atoms with E-state index in [4.69, 9.17) is 9.84 Å². The van der Waals surface area contributed by atoms with Gasteiger partial charge in [0, 0.05) is 18.2 Å². The summed E-state index contributed by atoms with van der Waals surface area (Å²) in [5.74, 6) is 0.524. The number of aromatic nitrogens is 2. The first-order chi connectivity index (χ1) is 16.5. The first-order valence-electron chi connectivity index (χ1n) is 12.9. The Morgan fingerprint density at radius 3 is 2.62 bits per heavy atom. The maximum absolute atomic E-state index is 13.5. The van der Waals surface area contributed by atoms with Gasteiger partial charge < -0.3 is 15.0 Å². The Morgan fingerprint density at radius 1 is 1.18 bits per heavy atom. The van der Waals surface area contributed by atoms with E-state index >= 15 is 0 Å². The highest BCUT2D eigenvalue weighted by Gasteiger charge is 2.47. The van der Waals surface area contributed by atoms with E-state index in [0.717, 1.165) is 49.8 Å². The van der Waals surface area contributed by atoms with Crippen LogP contribution in [0.2, 0.25) is 0 Å². The van der Waals surface area contributed by atoms with Crippen molar-refractivity contribution >= 4 is 11.8 Å². The van der Waals surface area contributed by atoms with Crippen LogP contribution in [0.25, 0.3) is 11.3 Å². The molecule has 34 heavy (non-hydrogen) atoms. The molecule has 1 aliphatic heterocycles. The highest BCUT2D eigenvalue weighted by atomic mass is 16.5. The van der Waals surface area contributed by atoms with Crippen molar-refractivity contribution in [2.45, 2.75) is 90.3 Å². The highest BCUT2D eigenvalue weighted by Crippen LogP contribution is 2.34. The van der Waals surface area contributed by atoms with Gasteiger partial charge in [0.15, 0.2) is 0 Å². The summed E-state index contributed by atoms with van der Waals surface area (Å²) in [6.07, 6.45) is 8.80. The summed E-state index contributed by atoms with van der Waals surface area (Å²) in [7, 11) is 0. The summed E-state index contributed by atoms with van der Waals surface area (Å²) in [6, 6.07) is 9.81. The Morgan fingerprint density at radius 2 is 1.91 bits per heavy atom. The molecule has 2 heterocycles. The fraction of sp³-hybridized carbons (Fsp3) is 0.593. The third kappa shape index (κ3) is 4.84. The van der Waals surface area contributed by atoms with Crippen LogP contribution in [0.1, 0.15) is 82.6 Å². The second-order valence-electron chi connectivity index (χ2n) is 9.76. The van der Waals surface area contributed by atoms with Gasteiger partial charge in [-0.2, -0.15) is 5.10 Å². The van der Waals surface area contributed by atoms with Crippen LogP contribution in [0.3, 0.4) is 0 Å². The zero-order chi connectivity index (χ0) is 24.1. The number of nitrogens with one attached hydrogen (secondary N) is 1. The summed E-state index contributed by atoms with van der Waals surface area (Å²) < 4.78 is 7.71. The number of para-hydroxylation sites is 1. The number of ether oxygens (including phenoxy) is 1. The Balaban J connectivity index is 1.61. The summed E-state index contributed by atoms with van der Waals surface area (Å²) in [5, 5.41) is 8.04. The van der Waals surface area contributed by atoms with Crippen LogP contribution >= 0.6 is 0 Å². The number of fused-ring (bicyclic) bond motifs is 1. The van der Waals surface area contributed by atoms with Gasteiger partial charge in [0.1, 0.15) is 17.0 Å². The quantitative estimate of drug-likeness (QED) is 0.448. The van der Waals surface area contributed by atoms with Gasteiger partial charge in [0.05, 0.1) is 18.8 Å². The van der Waals surface area contributed by atoms with Crippen molar-refractivity contribution in [1.82, 2.24) is 20.0 Å². The van der Waals surface area contributed by atoms with Crippen LogP contribution in [0.4, 0.5) is 0 Å². The topological polar surface area (TPSA) is 76.5 Å². The molecule has 1 aromatic carbocycles. The van der Waals surface area contributed by atoms with E-state index < -0.39 is 5.54 Å². The van der Waals surface area contributed by atoms with Crippen LogP contribution in [-0.4, -0.2) is 51.2 Å². The molecule has 2 aliphatic rings. The molecule has 184 valence electrons. The van der Waals surface area contributed by atoms with Gasteiger partial charge in [-0.1, -0.05) is 51.2 Å². The van der Waals surface area contributed by atoms with Crippen molar-refractivity contribution in [3.8, 4) is 17.0 Å². The van der Waals surface area contributed by atoms with Gasteiger partial charge in [-0.25, -0.2) is 0 Å². The van der Waals surface area contributed by atoms with E-state index in [9.17, 15) is 9.59 Å². The van der Waals surface area contributed by atoms with E-state index in [1.54, 1.807) is 9.58 Å². The van der Waals surface area contributed by atoms with Gasteiger partial charge in [-0.3, -0.25) is 14.3 Å². The van der Waals surface area contributed by atoms with Crippen molar-refractivity contribution in [3.63, 3.8) is 0 Å². The van der Waals surface area contributed by atoms with Crippen LogP contribution in [0, 0.1) is 0 Å². The number of hydrogen-bond acceptors (Lipinski definition) is 4. The van der Waals surface area contributed by atoms with Gasteiger partial charge in [-0.05, 0) is 51.3 Å². The molecule has 1 unspecified atom stereocenters. The second-order valence-corrected chi connectivity index (χ2v) is 9.76. The number of carbonyl (C=O) groups is 2. The molecule has 4 rings (SSSR count). The molecule has 0 radical (unpaired) electrons. The van der Waals surface area contributed by atoms with Crippen molar-refractivity contribution in [2.75, 3.05) is 13.2 Å². The molecule has 1 N–H and O–H groups in total. The summed E-state index contributed by atoms with van der Waals surface area (Å²) >= 11 is 0.